The standard InChI is InChI=1S/C51H64BBrN4O13/c1-49(2)50(3,4)70-52(69-49)25-15-9-10-16-32-26-40(32)68-47(62)55-38-20-12-8-6-7-11-17-33-28-51(33,46(60)61)57(48(63)64)45(59)39-27-35(29-56(39)44(38)58)67-43-41(53)42(36-18-13-14-19-37(36)54-43)66-30-31-21-23-34(65-5)24-22-31/h11,13-14,17-19,21-24,32-33,35,38-40H,6-10,12,15-16,20,25-30H2,1-5H3,(H,55,62)(H,60,61)(H,63,64)/b17-11-/t32-,33-,35-,38+,39+,40-,51-/m1/s1. The molecule has 2 saturated carbocycles. The summed E-state index contributed by atoms with van der Waals surface area (Å²) >= 11 is 3.65. The summed E-state index contributed by atoms with van der Waals surface area (Å²) in [6.45, 7) is 8.15. The maximum atomic E-state index is 14.9. The predicted molar refractivity (Wildman–Crippen MR) is 262 cm³/mol. The number of unbranched alkanes of at least 4 members (excludes halogenated alkanes) is 2. The van der Waals surface area contributed by atoms with E-state index in [1.807, 2.05) is 76.2 Å². The van der Waals surface area contributed by atoms with Crippen LogP contribution in [-0.2, 0) is 35.0 Å². The fraction of sp³-hybridized carbons (Fsp3) is 0.569. The van der Waals surface area contributed by atoms with Crippen LogP contribution in [0.3, 0.4) is 0 Å². The van der Waals surface area contributed by atoms with E-state index in [0.29, 0.717) is 63.9 Å². The summed E-state index contributed by atoms with van der Waals surface area (Å²) in [6.07, 6.45) is 7.47. The second-order valence-electron chi connectivity index (χ2n) is 20.2. The lowest BCUT2D eigenvalue weighted by Crippen LogP contribution is -2.59. The minimum absolute atomic E-state index is 0.0998. The van der Waals surface area contributed by atoms with E-state index in [2.05, 4.69) is 21.2 Å². The topological polar surface area (TPSA) is 213 Å². The zero-order valence-corrected chi connectivity index (χ0v) is 42.1. The van der Waals surface area contributed by atoms with Crippen molar-refractivity contribution in [3.05, 3.63) is 70.7 Å². The number of carboxylic acid groups (broad SMARTS) is 2. The van der Waals surface area contributed by atoms with E-state index in [4.69, 9.17) is 33.2 Å². The number of aliphatic carboxylic acids is 1. The Morgan fingerprint density at radius 1 is 0.943 bits per heavy atom. The highest BCUT2D eigenvalue weighted by atomic mass is 79.9. The number of rotatable bonds is 15. The molecule has 3 aliphatic heterocycles. The Kier molecular flexibility index (Phi) is 15.4. The first kappa shape index (κ1) is 51.0. The number of nitrogens with zero attached hydrogens (tertiary/aromatic N) is 3. The van der Waals surface area contributed by atoms with Crippen molar-refractivity contribution in [3.63, 3.8) is 0 Å². The summed E-state index contributed by atoms with van der Waals surface area (Å²) in [7, 11) is 1.36. The molecular weight excluding hydrogens is 967 g/mol. The van der Waals surface area contributed by atoms with Gasteiger partial charge in [0.1, 0.15) is 46.9 Å². The zero-order chi connectivity index (χ0) is 50.0. The number of aromatic nitrogens is 1. The van der Waals surface area contributed by atoms with Crippen LogP contribution >= 0.6 is 15.9 Å². The molecule has 2 aliphatic carbocycles. The van der Waals surface area contributed by atoms with Gasteiger partial charge < -0.3 is 48.7 Å². The number of allylic oxidation sites excluding steroid dienone is 1. The third kappa shape index (κ3) is 11.1. The molecule has 0 spiro atoms. The fourth-order valence-electron chi connectivity index (χ4n) is 9.93. The van der Waals surface area contributed by atoms with Gasteiger partial charge in [-0.05, 0) is 124 Å². The minimum atomic E-state index is -2.05. The van der Waals surface area contributed by atoms with Crippen molar-refractivity contribution in [2.45, 2.75) is 159 Å². The number of pyridine rings is 1. The molecule has 4 amide bonds. The van der Waals surface area contributed by atoms with Crippen LogP contribution < -0.4 is 19.5 Å². The third-order valence-corrected chi connectivity index (χ3v) is 15.5. The highest BCUT2D eigenvalue weighted by Crippen LogP contribution is 2.51. The quantitative estimate of drug-likeness (QED) is 0.0737. The molecular formula is C51H64BBrN4O13. The Morgan fingerprint density at radius 3 is 2.40 bits per heavy atom. The third-order valence-electron chi connectivity index (χ3n) is 14.8. The van der Waals surface area contributed by atoms with Crippen LogP contribution in [0.25, 0.3) is 10.9 Å². The van der Waals surface area contributed by atoms with E-state index >= 15 is 0 Å². The number of hydrogen-bond acceptors (Lipinski definition) is 12. The average Bonchev–Trinajstić information content (AvgIpc) is 4.17. The maximum Gasteiger partial charge on any atom is 0.457 e. The highest BCUT2D eigenvalue weighted by Gasteiger charge is 2.68. The normalized spacial score (nSPS) is 27.7. The first-order valence-corrected chi connectivity index (χ1v) is 25.3. The number of alkyl carbamates (subject to hydrolysis) is 1. The van der Waals surface area contributed by atoms with Gasteiger partial charge in [-0.3, -0.25) is 9.59 Å². The number of carbonyl (C=O) groups excluding carboxylic acids is 3. The van der Waals surface area contributed by atoms with Crippen molar-refractivity contribution >= 4 is 63.9 Å². The van der Waals surface area contributed by atoms with E-state index < -0.39 is 59.6 Å². The minimum Gasteiger partial charge on any atom is -0.497 e. The van der Waals surface area contributed by atoms with Gasteiger partial charge in [-0.15, -0.1) is 0 Å². The number of amides is 4. The molecule has 2 saturated heterocycles. The smallest absolute Gasteiger partial charge is 0.457 e. The van der Waals surface area contributed by atoms with Crippen LogP contribution in [0.5, 0.6) is 17.4 Å². The van der Waals surface area contributed by atoms with Crippen LogP contribution in [0.2, 0.25) is 6.32 Å². The van der Waals surface area contributed by atoms with Crippen molar-refractivity contribution < 1.29 is 62.4 Å². The van der Waals surface area contributed by atoms with Gasteiger partial charge in [-0.1, -0.05) is 68.5 Å². The van der Waals surface area contributed by atoms with Crippen molar-refractivity contribution in [2.75, 3.05) is 13.7 Å². The van der Waals surface area contributed by atoms with E-state index in [1.54, 1.807) is 19.3 Å². The van der Waals surface area contributed by atoms with Crippen LogP contribution in [-0.4, -0.2) is 117 Å². The van der Waals surface area contributed by atoms with Crippen molar-refractivity contribution in [1.29, 1.82) is 0 Å². The van der Waals surface area contributed by atoms with E-state index in [9.17, 15) is 34.2 Å². The molecule has 1 aromatic heterocycles. The second kappa shape index (κ2) is 21.1. The Labute approximate surface area is 417 Å². The first-order chi connectivity index (χ1) is 33.4. The van der Waals surface area contributed by atoms with Crippen molar-refractivity contribution in [2.24, 2.45) is 11.8 Å². The van der Waals surface area contributed by atoms with Gasteiger partial charge in [0.25, 0.3) is 5.91 Å². The number of halogens is 1. The zero-order valence-electron chi connectivity index (χ0n) is 40.5. The van der Waals surface area contributed by atoms with Gasteiger partial charge in [0.05, 0.1) is 30.4 Å². The van der Waals surface area contributed by atoms with Gasteiger partial charge in [0.15, 0.2) is 5.54 Å². The number of hydrogen-bond donors (Lipinski definition) is 3. The lowest BCUT2D eigenvalue weighted by molar-refractivity contribution is -0.154. The van der Waals surface area contributed by atoms with Crippen molar-refractivity contribution in [1.82, 2.24) is 20.1 Å². The van der Waals surface area contributed by atoms with Crippen LogP contribution in [0.1, 0.15) is 110 Å². The van der Waals surface area contributed by atoms with Gasteiger partial charge >= 0.3 is 25.3 Å². The molecule has 3 aromatic rings. The molecule has 4 heterocycles. The van der Waals surface area contributed by atoms with Gasteiger partial charge in [-0.25, -0.2) is 24.3 Å². The van der Waals surface area contributed by atoms with Gasteiger partial charge in [0.2, 0.25) is 11.8 Å². The molecule has 19 heteroatoms. The summed E-state index contributed by atoms with van der Waals surface area (Å²) < 4.78 is 36.7. The number of carboxylic acids is 1. The summed E-state index contributed by atoms with van der Waals surface area (Å²) in [6, 6.07) is 12.1. The summed E-state index contributed by atoms with van der Waals surface area (Å²) in [5.41, 5.74) is -1.37. The molecule has 0 radical (unpaired) electrons. The average molecular weight is 1030 g/mol. The second-order valence-corrected chi connectivity index (χ2v) is 21.0. The number of ether oxygens (including phenoxy) is 4. The number of methoxy groups -OCH3 is 1. The molecule has 70 heavy (non-hydrogen) atoms. The SMILES string of the molecule is COc1ccc(COc2c(Br)c(O[C@@H]3C[C@H]4C(=O)N(C(=O)O)[C@]5(C(=O)O)C[C@H]5/C=C\CCCCC[C@H](NC(=O)O[C@@H]5C[C@H]5CCCCCB5OC(C)(C)C(C)(C)O5)C(=O)N4C3)nc3ccccc23)cc1. The van der Waals surface area contributed by atoms with E-state index in [1.165, 1.54) is 4.90 Å². The van der Waals surface area contributed by atoms with Gasteiger partial charge in [-0.2, -0.15) is 0 Å². The number of fused-ring (bicyclic) bond motifs is 3. The van der Waals surface area contributed by atoms with Crippen LogP contribution in [0, 0.1) is 11.8 Å². The number of nitrogens with one attached hydrogen (secondary N) is 1. The monoisotopic (exact) mass is 1030 g/mol. The summed E-state index contributed by atoms with van der Waals surface area (Å²) in [5, 5.41) is 24.6. The molecule has 4 fully saturated rings. The molecule has 8 rings (SSSR count). The summed E-state index contributed by atoms with van der Waals surface area (Å²) in [5.74, 6) is -2.49. The highest BCUT2D eigenvalue weighted by molar-refractivity contribution is 9.10. The van der Waals surface area contributed by atoms with Crippen LogP contribution in [0.4, 0.5) is 9.59 Å². The molecule has 376 valence electrons. The number of para-hydroxylation sites is 1. The number of benzene rings is 2. The Hall–Kier alpha value is -5.40. The molecule has 0 bridgehead atoms. The molecule has 2 aromatic carbocycles. The lowest BCUT2D eigenvalue weighted by atomic mass is 9.82. The molecule has 0 unspecified atom stereocenters. The Balaban J connectivity index is 0.986. The molecule has 5 aliphatic rings. The Bertz CT molecular complexity index is 2460. The number of imide groups is 1. The number of carbonyl (C=O) groups is 5. The Morgan fingerprint density at radius 2 is 1.69 bits per heavy atom. The van der Waals surface area contributed by atoms with E-state index in [-0.39, 0.29) is 68.6 Å². The van der Waals surface area contributed by atoms with Crippen LogP contribution in [0.15, 0.2) is 65.2 Å². The molecule has 17 nitrogen and oxygen atoms in total. The lowest BCUT2D eigenvalue weighted by Gasteiger charge is -2.32. The largest absolute Gasteiger partial charge is 0.497 e. The van der Waals surface area contributed by atoms with Gasteiger partial charge in [0, 0.05) is 17.7 Å². The fourth-order valence-corrected chi connectivity index (χ4v) is 10.4. The molecule has 3 N–H and O–H groups in total. The first-order valence-electron chi connectivity index (χ1n) is 24.5. The van der Waals surface area contributed by atoms with Crippen molar-refractivity contribution in [3.8, 4) is 17.4 Å². The summed E-state index contributed by atoms with van der Waals surface area (Å²) in [4.78, 5) is 75.6. The predicted octanol–water partition coefficient (Wildman–Crippen LogP) is 8.94. The molecule has 7 atom stereocenters. The van der Waals surface area contributed by atoms with E-state index in [0.717, 1.165) is 37.6 Å². The maximum absolute atomic E-state index is 14.9.